The molecule has 1 aliphatic heterocycles. The molecule has 1 heterocycles. The highest BCUT2D eigenvalue weighted by Crippen LogP contribution is 2.34. The number of benzene rings is 2. The SMILES string of the molecule is CC1=C(N)Nc2cc(C(N)C(=O)OC(C)(C)CCc3ccc(S(N)(=O)=O)cc3)ccc2O1. The summed E-state index contributed by atoms with van der Waals surface area (Å²) in [6, 6.07) is 10.4. The van der Waals surface area contributed by atoms with Gasteiger partial charge in [-0.05, 0) is 69.0 Å². The molecule has 0 spiro atoms. The highest BCUT2D eigenvalue weighted by molar-refractivity contribution is 7.89. The molecule has 1 aliphatic rings. The molecule has 2 aromatic carbocycles. The minimum Gasteiger partial charge on any atom is -0.458 e. The van der Waals surface area contributed by atoms with E-state index in [1.807, 2.05) is 0 Å². The zero-order valence-corrected chi connectivity index (χ0v) is 19.0. The largest absolute Gasteiger partial charge is 0.458 e. The van der Waals surface area contributed by atoms with Crippen LogP contribution in [0.2, 0.25) is 0 Å². The van der Waals surface area contributed by atoms with E-state index < -0.39 is 27.6 Å². The van der Waals surface area contributed by atoms with Gasteiger partial charge in [-0.1, -0.05) is 18.2 Å². The van der Waals surface area contributed by atoms with Crippen LogP contribution in [0.5, 0.6) is 5.75 Å². The number of ether oxygens (including phenoxy) is 2. The van der Waals surface area contributed by atoms with Crippen molar-refractivity contribution < 1.29 is 22.7 Å². The monoisotopic (exact) mass is 460 g/mol. The van der Waals surface area contributed by atoms with Gasteiger partial charge in [-0.25, -0.2) is 18.4 Å². The highest BCUT2D eigenvalue weighted by atomic mass is 32.2. The molecule has 0 saturated heterocycles. The third-order valence-corrected chi connectivity index (χ3v) is 6.10. The van der Waals surface area contributed by atoms with Crippen LogP contribution < -0.4 is 26.7 Å². The van der Waals surface area contributed by atoms with E-state index in [9.17, 15) is 13.2 Å². The number of primary sulfonamides is 1. The second-order valence-electron chi connectivity index (χ2n) is 8.30. The summed E-state index contributed by atoms with van der Waals surface area (Å²) in [6.07, 6.45) is 1.09. The van der Waals surface area contributed by atoms with Gasteiger partial charge in [0.1, 0.15) is 23.2 Å². The van der Waals surface area contributed by atoms with Gasteiger partial charge in [0.05, 0.1) is 10.6 Å². The number of nitrogens with two attached hydrogens (primary N) is 3. The van der Waals surface area contributed by atoms with Crippen molar-refractivity contribution in [3.05, 3.63) is 65.2 Å². The summed E-state index contributed by atoms with van der Waals surface area (Å²) in [5.41, 5.74) is 13.3. The first kappa shape index (κ1) is 23.6. The van der Waals surface area contributed by atoms with Crippen LogP contribution in [0.25, 0.3) is 0 Å². The first-order valence-electron chi connectivity index (χ1n) is 10.0. The third-order valence-electron chi connectivity index (χ3n) is 5.17. The standard InChI is InChI=1S/C22H28N4O5S/c1-13-20(24)26-17-12-15(6-9-18(17)30-13)19(23)21(27)31-22(2,3)11-10-14-4-7-16(8-5-14)32(25,28)29/h4-9,12,19,26H,10-11,23-24H2,1-3H3,(H2,25,28,29). The molecular weight excluding hydrogens is 432 g/mol. The molecule has 0 aliphatic carbocycles. The van der Waals surface area contributed by atoms with Gasteiger partial charge in [-0.3, -0.25) is 0 Å². The Morgan fingerprint density at radius 2 is 1.84 bits per heavy atom. The Bertz CT molecular complexity index is 1160. The van der Waals surface area contributed by atoms with Gasteiger partial charge >= 0.3 is 5.97 Å². The van der Waals surface area contributed by atoms with E-state index in [2.05, 4.69) is 5.32 Å². The summed E-state index contributed by atoms with van der Waals surface area (Å²) in [5, 5.41) is 8.14. The number of aryl methyl sites for hydroxylation is 1. The minimum absolute atomic E-state index is 0.0512. The van der Waals surface area contributed by atoms with Crippen LogP contribution in [0.1, 0.15) is 44.4 Å². The number of allylic oxidation sites excluding steroid dienone is 1. The number of rotatable bonds is 7. The van der Waals surface area contributed by atoms with Crippen molar-refractivity contribution in [1.82, 2.24) is 0 Å². The molecule has 0 fully saturated rings. The van der Waals surface area contributed by atoms with Crippen molar-refractivity contribution >= 4 is 21.7 Å². The fraction of sp³-hybridized carbons (Fsp3) is 0.318. The average Bonchev–Trinajstić information content (AvgIpc) is 2.71. The fourth-order valence-corrected chi connectivity index (χ4v) is 3.71. The number of esters is 1. The van der Waals surface area contributed by atoms with E-state index in [1.54, 1.807) is 51.1 Å². The van der Waals surface area contributed by atoms with Gasteiger partial charge in [-0.2, -0.15) is 0 Å². The van der Waals surface area contributed by atoms with Crippen LogP contribution in [0.4, 0.5) is 5.69 Å². The molecule has 1 atom stereocenters. The second kappa shape index (κ2) is 8.81. The predicted molar refractivity (Wildman–Crippen MR) is 121 cm³/mol. The highest BCUT2D eigenvalue weighted by Gasteiger charge is 2.28. The number of sulfonamides is 1. The summed E-state index contributed by atoms with van der Waals surface area (Å²) in [7, 11) is -3.73. The number of hydrogen-bond donors (Lipinski definition) is 4. The predicted octanol–water partition coefficient (Wildman–Crippen LogP) is 2.24. The van der Waals surface area contributed by atoms with Crippen molar-refractivity contribution in [3.63, 3.8) is 0 Å². The van der Waals surface area contributed by atoms with Gasteiger partial charge in [0.2, 0.25) is 10.0 Å². The number of nitrogens with one attached hydrogen (secondary N) is 1. The van der Waals surface area contributed by atoms with E-state index in [-0.39, 0.29) is 4.90 Å². The lowest BCUT2D eigenvalue weighted by atomic mass is 9.98. The van der Waals surface area contributed by atoms with Crippen LogP contribution in [0.15, 0.2) is 58.9 Å². The summed E-state index contributed by atoms with van der Waals surface area (Å²) in [5.74, 6) is 0.991. The maximum absolute atomic E-state index is 12.7. The number of anilines is 1. The molecule has 9 nitrogen and oxygen atoms in total. The van der Waals surface area contributed by atoms with Gasteiger partial charge < -0.3 is 26.3 Å². The summed E-state index contributed by atoms with van der Waals surface area (Å²) in [6.45, 7) is 5.35. The Labute approximate surface area is 187 Å². The molecule has 172 valence electrons. The smallest absolute Gasteiger partial charge is 0.328 e. The molecule has 32 heavy (non-hydrogen) atoms. The molecule has 1 unspecified atom stereocenters. The van der Waals surface area contributed by atoms with E-state index in [4.69, 9.17) is 26.1 Å². The van der Waals surface area contributed by atoms with Crippen LogP contribution in [0.3, 0.4) is 0 Å². The van der Waals surface area contributed by atoms with Crippen molar-refractivity contribution in [3.8, 4) is 5.75 Å². The topological polar surface area (TPSA) is 160 Å². The van der Waals surface area contributed by atoms with E-state index in [0.29, 0.717) is 41.4 Å². The van der Waals surface area contributed by atoms with Gasteiger partial charge in [-0.15, -0.1) is 0 Å². The number of carbonyl (C=O) groups excluding carboxylic acids is 1. The molecule has 7 N–H and O–H groups in total. The summed E-state index contributed by atoms with van der Waals surface area (Å²) < 4.78 is 34.0. The first-order chi connectivity index (χ1) is 14.9. The molecule has 3 rings (SSSR count). The van der Waals surface area contributed by atoms with Crippen LogP contribution in [-0.2, 0) is 26.0 Å². The van der Waals surface area contributed by atoms with Gasteiger partial charge in [0.15, 0.2) is 5.75 Å². The Morgan fingerprint density at radius 3 is 2.47 bits per heavy atom. The zero-order chi connectivity index (χ0) is 23.7. The number of fused-ring (bicyclic) bond motifs is 1. The molecule has 10 heteroatoms. The average molecular weight is 461 g/mol. The first-order valence-corrected chi connectivity index (χ1v) is 11.6. The Morgan fingerprint density at radius 1 is 1.19 bits per heavy atom. The number of carbonyl (C=O) groups is 1. The molecular formula is C22H28N4O5S. The van der Waals surface area contributed by atoms with Crippen molar-refractivity contribution in [2.24, 2.45) is 16.6 Å². The molecule has 0 bridgehead atoms. The third kappa shape index (κ3) is 5.58. The zero-order valence-electron chi connectivity index (χ0n) is 18.2. The maximum atomic E-state index is 12.7. The Hall–Kier alpha value is -3.08. The number of hydrogen-bond acceptors (Lipinski definition) is 8. The maximum Gasteiger partial charge on any atom is 0.328 e. The van der Waals surface area contributed by atoms with Crippen LogP contribution >= 0.6 is 0 Å². The van der Waals surface area contributed by atoms with Crippen LogP contribution in [0, 0.1) is 0 Å². The quantitative estimate of drug-likeness (QED) is 0.458. The molecule has 0 saturated carbocycles. The Kier molecular flexibility index (Phi) is 6.49. The van der Waals surface area contributed by atoms with Gasteiger partial charge in [0, 0.05) is 0 Å². The summed E-state index contributed by atoms with van der Waals surface area (Å²) in [4.78, 5) is 12.7. The lowest BCUT2D eigenvalue weighted by Gasteiger charge is -2.27. The molecule has 0 aromatic heterocycles. The van der Waals surface area contributed by atoms with Crippen molar-refractivity contribution in [1.29, 1.82) is 0 Å². The summed E-state index contributed by atoms with van der Waals surface area (Å²) >= 11 is 0. The lowest BCUT2D eigenvalue weighted by Crippen LogP contribution is -2.34. The molecule has 0 amide bonds. The van der Waals surface area contributed by atoms with Gasteiger partial charge in [0.25, 0.3) is 0 Å². The lowest BCUT2D eigenvalue weighted by molar-refractivity contribution is -0.158. The van der Waals surface area contributed by atoms with Crippen molar-refractivity contribution in [2.45, 2.75) is 50.2 Å². The van der Waals surface area contributed by atoms with E-state index in [1.165, 1.54) is 12.1 Å². The van der Waals surface area contributed by atoms with Crippen LogP contribution in [-0.4, -0.2) is 20.0 Å². The molecule has 2 aromatic rings. The molecule has 0 radical (unpaired) electrons. The fourth-order valence-electron chi connectivity index (χ4n) is 3.19. The normalized spacial score (nSPS) is 14.8. The minimum atomic E-state index is -3.73. The van der Waals surface area contributed by atoms with E-state index >= 15 is 0 Å². The Balaban J connectivity index is 1.61. The second-order valence-corrected chi connectivity index (χ2v) is 9.86. The van der Waals surface area contributed by atoms with E-state index in [0.717, 1.165) is 5.56 Å². The van der Waals surface area contributed by atoms with Crippen molar-refractivity contribution in [2.75, 3.05) is 5.32 Å².